The molecule has 0 saturated carbocycles. The fourth-order valence-corrected chi connectivity index (χ4v) is 4.48. The summed E-state index contributed by atoms with van der Waals surface area (Å²) in [5, 5.41) is 42.4. The van der Waals surface area contributed by atoms with Crippen molar-refractivity contribution in [3.05, 3.63) is 62.2 Å². The first-order valence-electron chi connectivity index (χ1n) is 11.1. The third kappa shape index (κ3) is 3.86. The number of hydrogen-bond acceptors (Lipinski definition) is 10. The molecule has 1 aliphatic rings. The number of methoxy groups -OCH3 is 1. The summed E-state index contributed by atoms with van der Waals surface area (Å²) in [6, 6.07) is 2.59. The van der Waals surface area contributed by atoms with E-state index in [1.165, 1.54) is 32.9 Å². The molecular weight excluding hydrogens is 484 g/mol. The number of carbonyl (C=O) groups excluding carboxylic acids is 3. The van der Waals surface area contributed by atoms with E-state index in [9.17, 15) is 34.8 Å². The minimum atomic E-state index is -0.890. The van der Waals surface area contributed by atoms with E-state index in [-0.39, 0.29) is 79.9 Å². The molecule has 10 heteroatoms. The van der Waals surface area contributed by atoms with E-state index in [1.807, 2.05) is 0 Å². The highest BCUT2D eigenvalue weighted by Gasteiger charge is 2.34. The van der Waals surface area contributed by atoms with Crippen LogP contribution in [0, 0.1) is 27.7 Å². The Bertz CT molecular complexity index is 1520. The van der Waals surface area contributed by atoms with Gasteiger partial charge in [-0.05, 0) is 56.5 Å². The van der Waals surface area contributed by atoms with Crippen LogP contribution in [0.3, 0.4) is 0 Å². The van der Waals surface area contributed by atoms with Crippen molar-refractivity contribution in [2.24, 2.45) is 0 Å². The highest BCUT2D eigenvalue weighted by Crippen LogP contribution is 2.50. The standard InChI is InChI=1S/C27H24O10/c1-10-6-18(30)16(9-28)24-19(10)27(34)37-25-15(17(29)7-11(2)23(25)36-24)8-14-12(3)20(26(33)35-5)22(32)13(4)21(14)31/h6-7,9,29-32H,8H2,1-5H3. The fraction of sp³-hybridized carbons (Fsp3) is 0.222. The van der Waals surface area contributed by atoms with Crippen LogP contribution >= 0.6 is 0 Å². The number of rotatable bonds is 4. The maximum atomic E-state index is 13.2. The summed E-state index contributed by atoms with van der Waals surface area (Å²) in [5.74, 6) is -3.51. The zero-order chi connectivity index (χ0) is 27.3. The number of hydrogen-bond donors (Lipinski definition) is 4. The summed E-state index contributed by atoms with van der Waals surface area (Å²) >= 11 is 0. The summed E-state index contributed by atoms with van der Waals surface area (Å²) in [6.07, 6.45) is 0.118. The lowest BCUT2D eigenvalue weighted by Gasteiger charge is -2.20. The van der Waals surface area contributed by atoms with Gasteiger partial charge in [0.05, 0.1) is 12.7 Å². The van der Waals surface area contributed by atoms with E-state index in [0.717, 1.165) is 7.11 Å². The summed E-state index contributed by atoms with van der Waals surface area (Å²) in [4.78, 5) is 37.3. The summed E-state index contributed by atoms with van der Waals surface area (Å²) in [6.45, 7) is 6.02. The lowest BCUT2D eigenvalue weighted by molar-refractivity contribution is 0.0595. The van der Waals surface area contributed by atoms with E-state index in [1.54, 1.807) is 6.92 Å². The van der Waals surface area contributed by atoms with Crippen molar-refractivity contribution in [2.75, 3.05) is 7.11 Å². The minimum Gasteiger partial charge on any atom is -0.508 e. The Balaban J connectivity index is 1.97. The summed E-state index contributed by atoms with van der Waals surface area (Å²) < 4.78 is 16.4. The SMILES string of the molecule is COC(=O)c1c(C)c(Cc2c(O)cc(C)c3c2OC(=O)c2c(C)cc(O)c(C=O)c2O3)c(O)c(C)c1O. The van der Waals surface area contributed by atoms with Crippen molar-refractivity contribution < 1.29 is 49.0 Å². The fourth-order valence-electron chi connectivity index (χ4n) is 4.48. The number of aromatic hydroxyl groups is 4. The lowest BCUT2D eigenvalue weighted by Crippen LogP contribution is -2.12. The maximum absolute atomic E-state index is 13.2. The van der Waals surface area contributed by atoms with Gasteiger partial charge in [-0.3, -0.25) is 4.79 Å². The average Bonchev–Trinajstić information content (AvgIpc) is 2.99. The van der Waals surface area contributed by atoms with E-state index >= 15 is 0 Å². The molecule has 3 aromatic rings. The van der Waals surface area contributed by atoms with Gasteiger partial charge in [-0.1, -0.05) is 0 Å². The van der Waals surface area contributed by atoms with Crippen molar-refractivity contribution in [3.63, 3.8) is 0 Å². The third-order valence-electron chi connectivity index (χ3n) is 6.52. The first kappa shape index (κ1) is 25.4. The molecule has 0 aliphatic carbocycles. The van der Waals surface area contributed by atoms with E-state index in [2.05, 4.69) is 0 Å². The molecule has 0 spiro atoms. The Kier molecular flexibility index (Phi) is 6.20. The van der Waals surface area contributed by atoms with Gasteiger partial charge in [-0.2, -0.15) is 0 Å². The third-order valence-corrected chi connectivity index (χ3v) is 6.52. The molecule has 0 fully saturated rings. The second kappa shape index (κ2) is 9.05. The number of ether oxygens (including phenoxy) is 3. The van der Waals surface area contributed by atoms with Crippen LogP contribution in [-0.4, -0.2) is 45.8 Å². The number of aryl methyl sites for hydroxylation is 2. The molecular formula is C27H24O10. The van der Waals surface area contributed by atoms with Crippen molar-refractivity contribution in [3.8, 4) is 40.2 Å². The highest BCUT2D eigenvalue weighted by atomic mass is 16.6. The lowest BCUT2D eigenvalue weighted by atomic mass is 9.91. The van der Waals surface area contributed by atoms with E-state index in [0.29, 0.717) is 17.4 Å². The molecule has 192 valence electrons. The zero-order valence-electron chi connectivity index (χ0n) is 20.7. The highest BCUT2D eigenvalue weighted by molar-refractivity contribution is 6.01. The number of aldehydes is 1. The Hall–Kier alpha value is -4.73. The molecule has 1 aliphatic heterocycles. The smallest absolute Gasteiger partial charge is 0.347 e. The zero-order valence-corrected chi connectivity index (χ0v) is 20.7. The Morgan fingerprint density at radius 1 is 0.865 bits per heavy atom. The molecule has 0 amide bonds. The topological polar surface area (TPSA) is 160 Å². The number of phenols is 4. The average molecular weight is 508 g/mol. The van der Waals surface area contributed by atoms with Crippen LogP contribution in [0.2, 0.25) is 0 Å². The summed E-state index contributed by atoms with van der Waals surface area (Å²) in [5.41, 5.74) is 0.576. The van der Waals surface area contributed by atoms with E-state index < -0.39 is 17.7 Å². The molecule has 0 saturated heterocycles. The van der Waals surface area contributed by atoms with Crippen molar-refractivity contribution in [1.82, 2.24) is 0 Å². The van der Waals surface area contributed by atoms with Gasteiger partial charge in [0, 0.05) is 23.1 Å². The van der Waals surface area contributed by atoms with Gasteiger partial charge in [0.15, 0.2) is 23.5 Å². The second-order valence-electron chi connectivity index (χ2n) is 8.76. The number of fused-ring (bicyclic) bond motifs is 2. The van der Waals surface area contributed by atoms with Crippen molar-refractivity contribution >= 4 is 18.2 Å². The molecule has 0 unspecified atom stereocenters. The Labute approximate surface area is 211 Å². The van der Waals surface area contributed by atoms with Gasteiger partial charge in [0.2, 0.25) is 0 Å². The second-order valence-corrected chi connectivity index (χ2v) is 8.76. The van der Waals surface area contributed by atoms with E-state index in [4.69, 9.17) is 14.2 Å². The molecule has 0 atom stereocenters. The van der Waals surface area contributed by atoms with Crippen molar-refractivity contribution in [2.45, 2.75) is 34.1 Å². The number of esters is 2. The molecule has 4 rings (SSSR count). The first-order valence-corrected chi connectivity index (χ1v) is 11.1. The predicted molar refractivity (Wildman–Crippen MR) is 129 cm³/mol. The van der Waals surface area contributed by atoms with Crippen LogP contribution in [-0.2, 0) is 11.2 Å². The van der Waals surface area contributed by atoms with Gasteiger partial charge in [-0.15, -0.1) is 0 Å². The summed E-state index contributed by atoms with van der Waals surface area (Å²) in [7, 11) is 1.15. The van der Waals surface area contributed by atoms with Crippen LogP contribution in [0.4, 0.5) is 0 Å². The molecule has 1 heterocycles. The van der Waals surface area contributed by atoms with Gasteiger partial charge in [0.1, 0.15) is 34.1 Å². The largest absolute Gasteiger partial charge is 0.508 e. The number of phenolic OH excluding ortho intramolecular Hbond substituents is 4. The van der Waals surface area contributed by atoms with Crippen molar-refractivity contribution in [1.29, 1.82) is 0 Å². The molecule has 37 heavy (non-hydrogen) atoms. The van der Waals surface area contributed by atoms with Gasteiger partial charge in [0.25, 0.3) is 0 Å². The van der Waals surface area contributed by atoms with Gasteiger partial charge >= 0.3 is 11.9 Å². The van der Waals surface area contributed by atoms with Gasteiger partial charge < -0.3 is 34.6 Å². The number of benzene rings is 3. The normalized spacial score (nSPS) is 12.1. The number of carbonyl (C=O) groups is 3. The monoisotopic (exact) mass is 508 g/mol. The predicted octanol–water partition coefficient (Wildman–Crippen LogP) is 4.26. The molecule has 0 bridgehead atoms. The van der Waals surface area contributed by atoms with Crippen LogP contribution in [0.1, 0.15) is 64.5 Å². The van der Waals surface area contributed by atoms with Crippen LogP contribution < -0.4 is 9.47 Å². The maximum Gasteiger partial charge on any atom is 0.347 e. The minimum absolute atomic E-state index is 0.00818. The Morgan fingerprint density at radius 3 is 2.14 bits per heavy atom. The quantitative estimate of drug-likeness (QED) is 0.228. The molecule has 0 aromatic heterocycles. The first-order chi connectivity index (χ1) is 17.4. The van der Waals surface area contributed by atoms with Crippen LogP contribution in [0.5, 0.6) is 40.2 Å². The Morgan fingerprint density at radius 2 is 1.51 bits per heavy atom. The molecule has 3 aromatic carbocycles. The van der Waals surface area contributed by atoms with Crippen LogP contribution in [0.15, 0.2) is 12.1 Å². The molecule has 4 N–H and O–H groups in total. The molecule has 10 nitrogen and oxygen atoms in total. The van der Waals surface area contributed by atoms with Crippen LogP contribution in [0.25, 0.3) is 0 Å². The van der Waals surface area contributed by atoms with Gasteiger partial charge in [-0.25, -0.2) is 9.59 Å². The molecule has 0 radical (unpaired) electrons.